The molecule has 18 heavy (non-hydrogen) atoms. The zero-order valence-electron chi connectivity index (χ0n) is 10.5. The lowest BCUT2D eigenvalue weighted by atomic mass is 10.1. The van der Waals surface area contributed by atoms with Crippen LogP contribution in [0.1, 0.15) is 0 Å². The van der Waals surface area contributed by atoms with Gasteiger partial charge in [-0.2, -0.15) is 0 Å². The van der Waals surface area contributed by atoms with Gasteiger partial charge in [0, 0.05) is 47.6 Å². The summed E-state index contributed by atoms with van der Waals surface area (Å²) in [4.78, 5) is 5.63. The Balaban J connectivity index is 2.15. The van der Waals surface area contributed by atoms with Gasteiger partial charge in [-0.15, -0.1) is 0 Å². The molecule has 0 saturated carbocycles. The average molecular weight is 239 g/mol. The predicted molar refractivity (Wildman–Crippen MR) is 78.1 cm³/mol. The first-order valence-electron chi connectivity index (χ1n) is 6.21. The van der Waals surface area contributed by atoms with E-state index in [-0.39, 0.29) is 0 Å². The second-order valence-electron chi connectivity index (χ2n) is 4.61. The molecule has 0 amide bonds. The van der Waals surface area contributed by atoms with Crippen molar-refractivity contribution in [3.63, 3.8) is 0 Å². The van der Waals surface area contributed by atoms with Gasteiger partial charge in [-0.25, -0.2) is 0 Å². The maximum absolute atomic E-state index is 5.59. The Labute approximate surface area is 106 Å². The zero-order chi connectivity index (χ0) is 12.5. The Morgan fingerprint density at radius 1 is 1.06 bits per heavy atom. The van der Waals surface area contributed by atoms with Crippen molar-refractivity contribution in [1.29, 1.82) is 0 Å². The minimum Gasteiger partial charge on any atom is -0.373 e. The van der Waals surface area contributed by atoms with Crippen molar-refractivity contribution < 1.29 is 0 Å². The minimum atomic E-state index is 0.668. The van der Waals surface area contributed by atoms with Gasteiger partial charge in [-0.05, 0) is 18.2 Å². The standard InChI is InChI=1S/C15H17N3/c1-18(9-8-16)11-6-7-13-12-4-2-3-5-14(12)17-15(13)10-11/h2-7,10,17H,8-9,16H2,1H3. The normalized spacial score (nSPS) is 11.2. The Morgan fingerprint density at radius 3 is 2.67 bits per heavy atom. The van der Waals surface area contributed by atoms with E-state index >= 15 is 0 Å². The number of fused-ring (bicyclic) bond motifs is 3. The Morgan fingerprint density at radius 2 is 1.83 bits per heavy atom. The van der Waals surface area contributed by atoms with Gasteiger partial charge >= 0.3 is 0 Å². The monoisotopic (exact) mass is 239 g/mol. The highest BCUT2D eigenvalue weighted by Gasteiger charge is 2.06. The number of H-pyrrole nitrogens is 1. The molecule has 3 aromatic rings. The molecule has 1 aromatic heterocycles. The molecule has 3 heteroatoms. The summed E-state index contributed by atoms with van der Waals surface area (Å²) in [5, 5.41) is 2.55. The summed E-state index contributed by atoms with van der Waals surface area (Å²) in [6, 6.07) is 14.9. The molecule has 0 spiro atoms. The number of aromatic nitrogens is 1. The fourth-order valence-corrected chi connectivity index (χ4v) is 2.40. The predicted octanol–water partition coefficient (Wildman–Crippen LogP) is 2.72. The summed E-state index contributed by atoms with van der Waals surface area (Å²) in [5.74, 6) is 0. The number of nitrogens with zero attached hydrogens (tertiary/aromatic N) is 1. The number of hydrogen-bond acceptors (Lipinski definition) is 2. The van der Waals surface area contributed by atoms with E-state index in [1.807, 2.05) is 0 Å². The van der Waals surface area contributed by atoms with Crippen molar-refractivity contribution in [2.45, 2.75) is 0 Å². The first-order chi connectivity index (χ1) is 8.79. The molecule has 2 aromatic carbocycles. The van der Waals surface area contributed by atoms with Gasteiger partial charge in [0.25, 0.3) is 0 Å². The highest BCUT2D eigenvalue weighted by molar-refractivity contribution is 6.07. The lowest BCUT2D eigenvalue weighted by molar-refractivity contribution is 0.886. The van der Waals surface area contributed by atoms with Crippen LogP contribution in [0.15, 0.2) is 42.5 Å². The van der Waals surface area contributed by atoms with Gasteiger partial charge in [-0.1, -0.05) is 24.3 Å². The molecule has 0 saturated heterocycles. The number of aromatic amines is 1. The summed E-state index contributed by atoms with van der Waals surface area (Å²) in [6.07, 6.45) is 0. The first-order valence-corrected chi connectivity index (χ1v) is 6.21. The van der Waals surface area contributed by atoms with Crippen LogP contribution in [0.2, 0.25) is 0 Å². The fourth-order valence-electron chi connectivity index (χ4n) is 2.40. The number of likely N-dealkylation sites (N-methyl/N-ethyl adjacent to an activating group) is 1. The second-order valence-corrected chi connectivity index (χ2v) is 4.61. The van der Waals surface area contributed by atoms with E-state index in [9.17, 15) is 0 Å². The lowest BCUT2D eigenvalue weighted by Crippen LogP contribution is -2.24. The number of benzene rings is 2. The minimum absolute atomic E-state index is 0.668. The van der Waals surface area contributed by atoms with Crippen molar-refractivity contribution >= 4 is 27.5 Å². The molecular formula is C15H17N3. The molecule has 0 aliphatic rings. The van der Waals surface area contributed by atoms with Gasteiger partial charge in [0.15, 0.2) is 0 Å². The summed E-state index contributed by atoms with van der Waals surface area (Å²) >= 11 is 0. The van der Waals surface area contributed by atoms with Gasteiger partial charge in [0.05, 0.1) is 0 Å². The maximum atomic E-state index is 5.59. The molecule has 1 heterocycles. The lowest BCUT2D eigenvalue weighted by Gasteiger charge is -2.18. The molecule has 0 aliphatic carbocycles. The van der Waals surface area contributed by atoms with Crippen LogP contribution in [0.5, 0.6) is 0 Å². The van der Waals surface area contributed by atoms with Crippen LogP contribution in [-0.2, 0) is 0 Å². The van der Waals surface area contributed by atoms with Gasteiger partial charge in [-0.3, -0.25) is 0 Å². The smallest absolute Gasteiger partial charge is 0.0485 e. The Bertz CT molecular complexity index is 684. The van der Waals surface area contributed by atoms with E-state index in [1.54, 1.807) is 0 Å². The third-order valence-corrected chi connectivity index (χ3v) is 3.40. The van der Waals surface area contributed by atoms with E-state index in [2.05, 4.69) is 59.4 Å². The summed E-state index contributed by atoms with van der Waals surface area (Å²) in [7, 11) is 2.07. The number of nitrogens with one attached hydrogen (secondary N) is 1. The third-order valence-electron chi connectivity index (χ3n) is 3.40. The fraction of sp³-hybridized carbons (Fsp3) is 0.200. The highest BCUT2D eigenvalue weighted by atomic mass is 15.1. The number of hydrogen-bond donors (Lipinski definition) is 2. The second kappa shape index (κ2) is 4.35. The van der Waals surface area contributed by atoms with Crippen LogP contribution in [0.25, 0.3) is 21.8 Å². The van der Waals surface area contributed by atoms with E-state index in [4.69, 9.17) is 5.73 Å². The van der Waals surface area contributed by atoms with Crippen LogP contribution in [-0.4, -0.2) is 25.1 Å². The quantitative estimate of drug-likeness (QED) is 0.738. The van der Waals surface area contributed by atoms with Gasteiger partial charge < -0.3 is 15.6 Å². The number of anilines is 1. The van der Waals surface area contributed by atoms with E-state index in [0.29, 0.717) is 6.54 Å². The molecule has 0 fully saturated rings. The van der Waals surface area contributed by atoms with E-state index in [0.717, 1.165) is 6.54 Å². The molecule has 3 N–H and O–H groups in total. The SMILES string of the molecule is CN(CCN)c1ccc2c(c1)[nH]c1ccccc12. The van der Waals surface area contributed by atoms with Crippen LogP contribution in [0.3, 0.4) is 0 Å². The van der Waals surface area contributed by atoms with Crippen LogP contribution in [0, 0.1) is 0 Å². The van der Waals surface area contributed by atoms with Crippen molar-refractivity contribution in [1.82, 2.24) is 4.98 Å². The number of nitrogens with two attached hydrogens (primary N) is 1. The molecule has 3 rings (SSSR count). The van der Waals surface area contributed by atoms with Crippen LogP contribution >= 0.6 is 0 Å². The van der Waals surface area contributed by atoms with Crippen LogP contribution < -0.4 is 10.6 Å². The Kier molecular flexibility index (Phi) is 2.68. The molecule has 0 unspecified atom stereocenters. The maximum Gasteiger partial charge on any atom is 0.0485 e. The summed E-state index contributed by atoms with van der Waals surface area (Å²) in [6.45, 7) is 1.53. The molecule has 0 radical (unpaired) electrons. The summed E-state index contributed by atoms with van der Waals surface area (Å²) < 4.78 is 0. The Hall–Kier alpha value is -2.00. The molecule has 0 aliphatic heterocycles. The molecule has 92 valence electrons. The van der Waals surface area contributed by atoms with Crippen molar-refractivity contribution in [2.75, 3.05) is 25.0 Å². The molecular weight excluding hydrogens is 222 g/mol. The zero-order valence-corrected chi connectivity index (χ0v) is 10.5. The third kappa shape index (κ3) is 1.73. The largest absolute Gasteiger partial charge is 0.373 e. The molecule has 0 atom stereocenters. The van der Waals surface area contributed by atoms with Gasteiger partial charge in [0.1, 0.15) is 0 Å². The van der Waals surface area contributed by atoms with Crippen molar-refractivity contribution in [3.05, 3.63) is 42.5 Å². The van der Waals surface area contributed by atoms with Crippen LogP contribution in [0.4, 0.5) is 5.69 Å². The van der Waals surface area contributed by atoms with Gasteiger partial charge in [0.2, 0.25) is 0 Å². The van der Waals surface area contributed by atoms with E-state index < -0.39 is 0 Å². The van der Waals surface area contributed by atoms with Crippen molar-refractivity contribution in [2.24, 2.45) is 5.73 Å². The number of para-hydroxylation sites is 1. The number of rotatable bonds is 3. The van der Waals surface area contributed by atoms with Crippen molar-refractivity contribution in [3.8, 4) is 0 Å². The molecule has 3 nitrogen and oxygen atoms in total. The van der Waals surface area contributed by atoms with E-state index in [1.165, 1.54) is 27.5 Å². The first kappa shape index (κ1) is 11.1. The average Bonchev–Trinajstić information content (AvgIpc) is 2.76. The summed E-state index contributed by atoms with van der Waals surface area (Å²) in [5.41, 5.74) is 9.15. The molecule has 0 bridgehead atoms. The topological polar surface area (TPSA) is 45.0 Å². The highest BCUT2D eigenvalue weighted by Crippen LogP contribution is 2.28.